The average molecular weight is 293 g/mol. The number of rotatable bonds is 5. The first-order valence-electron chi connectivity index (χ1n) is 6.65. The van der Waals surface area contributed by atoms with Gasteiger partial charge in [-0.2, -0.15) is 5.26 Å². The summed E-state index contributed by atoms with van der Waals surface area (Å²) >= 11 is 0. The number of hydrogen-bond acceptors (Lipinski definition) is 4. The second kappa shape index (κ2) is 7.09. The van der Waals surface area contributed by atoms with Gasteiger partial charge >= 0.3 is 5.97 Å². The molecule has 0 amide bonds. The van der Waals surface area contributed by atoms with Gasteiger partial charge in [-0.25, -0.2) is 4.79 Å². The zero-order valence-corrected chi connectivity index (χ0v) is 12.2. The van der Waals surface area contributed by atoms with Gasteiger partial charge in [-0.05, 0) is 40.6 Å². The van der Waals surface area contributed by atoms with Crippen molar-refractivity contribution in [1.29, 1.82) is 5.26 Å². The molecular weight excluding hydrogens is 278 g/mol. The number of carbonyl (C=O) groups is 1. The maximum atomic E-state index is 11.7. The van der Waals surface area contributed by atoms with Crippen LogP contribution in [0.15, 0.2) is 54.6 Å². The molecule has 0 heterocycles. The number of ether oxygens (including phenoxy) is 2. The lowest BCUT2D eigenvalue weighted by Crippen LogP contribution is -2.06. The molecule has 0 N–H and O–H groups in total. The maximum Gasteiger partial charge on any atom is 0.349 e. The molecule has 0 saturated heterocycles. The number of methoxy groups -OCH3 is 1. The molecule has 0 radical (unpaired) electrons. The monoisotopic (exact) mass is 293 g/mol. The lowest BCUT2D eigenvalue weighted by atomic mass is 10.0. The van der Waals surface area contributed by atoms with Crippen molar-refractivity contribution in [1.82, 2.24) is 0 Å². The summed E-state index contributed by atoms with van der Waals surface area (Å²) in [7, 11) is 1.62. The number of benzene rings is 2. The quantitative estimate of drug-likeness (QED) is 0.366. The van der Waals surface area contributed by atoms with Gasteiger partial charge in [0.25, 0.3) is 0 Å². The fourth-order valence-corrected chi connectivity index (χ4v) is 1.97. The van der Waals surface area contributed by atoms with E-state index in [0.29, 0.717) is 0 Å². The lowest BCUT2D eigenvalue weighted by molar-refractivity contribution is -0.137. The highest BCUT2D eigenvalue weighted by Crippen LogP contribution is 2.22. The molecule has 22 heavy (non-hydrogen) atoms. The van der Waals surface area contributed by atoms with Crippen molar-refractivity contribution >= 4 is 22.8 Å². The highest BCUT2D eigenvalue weighted by atomic mass is 16.5. The summed E-state index contributed by atoms with van der Waals surface area (Å²) in [6.07, 6.45) is 2.96. The highest BCUT2D eigenvalue weighted by Gasteiger charge is 2.10. The van der Waals surface area contributed by atoms with Gasteiger partial charge in [0.2, 0.25) is 0 Å². The van der Waals surface area contributed by atoms with Crippen molar-refractivity contribution in [3.8, 4) is 11.8 Å². The maximum absolute atomic E-state index is 11.7. The Morgan fingerprint density at radius 1 is 1.27 bits per heavy atom. The molecule has 0 aliphatic carbocycles. The fourth-order valence-electron chi connectivity index (χ4n) is 1.97. The van der Waals surface area contributed by atoms with E-state index in [1.54, 1.807) is 7.11 Å². The molecular formula is C18H15NO3. The van der Waals surface area contributed by atoms with Gasteiger partial charge in [0.05, 0.1) is 7.11 Å². The smallest absolute Gasteiger partial charge is 0.349 e. The van der Waals surface area contributed by atoms with Crippen molar-refractivity contribution in [2.45, 2.75) is 0 Å². The Balaban J connectivity index is 2.33. The van der Waals surface area contributed by atoms with Crippen molar-refractivity contribution < 1.29 is 14.3 Å². The van der Waals surface area contributed by atoms with Gasteiger partial charge in [-0.3, -0.25) is 0 Å². The Hall–Kier alpha value is -3.06. The van der Waals surface area contributed by atoms with Crippen LogP contribution in [0.4, 0.5) is 0 Å². The number of esters is 1. The molecule has 0 saturated carbocycles. The van der Waals surface area contributed by atoms with E-state index in [9.17, 15) is 4.79 Å². The molecule has 0 fully saturated rings. The van der Waals surface area contributed by atoms with Crippen LogP contribution in [0, 0.1) is 11.3 Å². The molecule has 0 spiro atoms. The predicted molar refractivity (Wildman–Crippen MR) is 85.2 cm³/mol. The summed E-state index contributed by atoms with van der Waals surface area (Å²) in [5.74, 6) is 0.124. The molecule has 0 atom stereocenters. The zero-order chi connectivity index (χ0) is 15.9. The largest absolute Gasteiger partial charge is 0.497 e. The van der Waals surface area contributed by atoms with E-state index in [0.717, 1.165) is 22.1 Å². The van der Waals surface area contributed by atoms with E-state index >= 15 is 0 Å². The number of fused-ring (bicyclic) bond motifs is 1. The van der Waals surface area contributed by atoms with Crippen LogP contribution in [0.2, 0.25) is 0 Å². The van der Waals surface area contributed by atoms with Gasteiger partial charge in [0.1, 0.15) is 24.0 Å². The molecule has 2 rings (SSSR count). The molecule has 0 bridgehead atoms. The third-order valence-corrected chi connectivity index (χ3v) is 3.06. The number of nitriles is 1. The van der Waals surface area contributed by atoms with E-state index in [-0.39, 0.29) is 12.2 Å². The van der Waals surface area contributed by atoms with Gasteiger partial charge in [0, 0.05) is 0 Å². The minimum absolute atomic E-state index is 0.0466. The molecule has 0 unspecified atom stereocenters. The van der Waals surface area contributed by atoms with Crippen molar-refractivity contribution in [2.24, 2.45) is 0 Å². The Morgan fingerprint density at radius 2 is 2.00 bits per heavy atom. The van der Waals surface area contributed by atoms with Gasteiger partial charge in [0.15, 0.2) is 0 Å². The first-order chi connectivity index (χ1) is 10.7. The first-order valence-corrected chi connectivity index (χ1v) is 6.65. The average Bonchev–Trinajstić information content (AvgIpc) is 2.56. The molecule has 110 valence electrons. The fraction of sp³-hybridized carbons (Fsp3) is 0.111. The zero-order valence-electron chi connectivity index (χ0n) is 12.2. The van der Waals surface area contributed by atoms with Crippen molar-refractivity contribution in [3.05, 3.63) is 60.2 Å². The summed E-state index contributed by atoms with van der Waals surface area (Å²) in [6, 6.07) is 13.2. The summed E-state index contributed by atoms with van der Waals surface area (Å²) < 4.78 is 10.0. The number of nitrogens with zero attached hydrogens (tertiary/aromatic N) is 1. The minimum Gasteiger partial charge on any atom is -0.497 e. The topological polar surface area (TPSA) is 59.3 Å². The van der Waals surface area contributed by atoms with E-state index in [1.165, 1.54) is 12.2 Å². The number of hydrogen-bond donors (Lipinski definition) is 0. The minimum atomic E-state index is -0.655. The number of carbonyl (C=O) groups excluding carboxylic acids is 1. The van der Waals surface area contributed by atoms with E-state index < -0.39 is 5.97 Å². The van der Waals surface area contributed by atoms with Crippen LogP contribution >= 0.6 is 0 Å². The molecule has 4 heteroatoms. The summed E-state index contributed by atoms with van der Waals surface area (Å²) in [5, 5.41) is 11.1. The van der Waals surface area contributed by atoms with Crippen molar-refractivity contribution in [3.63, 3.8) is 0 Å². The second-order valence-electron chi connectivity index (χ2n) is 4.53. The third kappa shape index (κ3) is 3.53. The van der Waals surface area contributed by atoms with Crippen LogP contribution in [0.3, 0.4) is 0 Å². The lowest BCUT2D eigenvalue weighted by Gasteiger charge is -2.04. The third-order valence-electron chi connectivity index (χ3n) is 3.06. The Kier molecular flexibility index (Phi) is 4.94. The Bertz CT molecular complexity index is 785. The predicted octanol–water partition coefficient (Wildman–Crippen LogP) is 3.48. The summed E-state index contributed by atoms with van der Waals surface area (Å²) in [5.41, 5.74) is 0.708. The van der Waals surface area contributed by atoms with Gasteiger partial charge < -0.3 is 9.47 Å². The van der Waals surface area contributed by atoms with Crippen LogP contribution in [0.25, 0.3) is 16.8 Å². The van der Waals surface area contributed by atoms with Gasteiger partial charge in [-0.1, -0.05) is 30.9 Å². The van der Waals surface area contributed by atoms with E-state index in [1.807, 2.05) is 42.5 Å². The van der Waals surface area contributed by atoms with Crippen LogP contribution in [-0.4, -0.2) is 19.7 Å². The molecule has 2 aromatic carbocycles. The van der Waals surface area contributed by atoms with Crippen LogP contribution in [0.1, 0.15) is 5.56 Å². The van der Waals surface area contributed by atoms with Crippen LogP contribution in [-0.2, 0) is 9.53 Å². The first kappa shape index (κ1) is 15.3. The SMILES string of the molecule is C=CCOC(=O)/C(C#N)=C/c1ccc2cc(OC)ccc2c1. The van der Waals surface area contributed by atoms with E-state index in [4.69, 9.17) is 14.7 Å². The molecule has 0 aliphatic rings. The standard InChI is InChI=1S/C18H15NO3/c1-3-8-22-18(20)16(12-19)10-13-4-5-15-11-17(21-2)7-6-14(15)9-13/h3-7,9-11H,1,8H2,2H3/b16-10+. The summed E-state index contributed by atoms with van der Waals surface area (Å²) in [6.45, 7) is 3.54. The molecule has 0 aliphatic heterocycles. The molecule has 4 nitrogen and oxygen atoms in total. The van der Waals surface area contributed by atoms with Gasteiger partial charge in [-0.15, -0.1) is 0 Å². The molecule has 2 aromatic rings. The Labute approximate surface area is 128 Å². The second-order valence-corrected chi connectivity index (χ2v) is 4.53. The van der Waals surface area contributed by atoms with Crippen LogP contribution < -0.4 is 4.74 Å². The van der Waals surface area contributed by atoms with E-state index in [2.05, 4.69) is 6.58 Å². The van der Waals surface area contributed by atoms with Crippen molar-refractivity contribution in [2.75, 3.05) is 13.7 Å². The Morgan fingerprint density at radius 3 is 2.68 bits per heavy atom. The highest BCUT2D eigenvalue weighted by molar-refractivity contribution is 5.98. The molecule has 0 aromatic heterocycles. The van der Waals surface area contributed by atoms with Crippen LogP contribution in [0.5, 0.6) is 5.75 Å². The summed E-state index contributed by atoms with van der Waals surface area (Å²) in [4.78, 5) is 11.7. The normalized spacial score (nSPS) is 10.8.